The van der Waals surface area contributed by atoms with Crippen LogP contribution in [0.15, 0.2) is 18.2 Å². The highest BCUT2D eigenvalue weighted by Gasteiger charge is 2.24. The minimum absolute atomic E-state index is 0.0436. The molecule has 0 bridgehead atoms. The molecular weight excluding hydrogens is 250 g/mol. The van der Waals surface area contributed by atoms with Gasteiger partial charge in [0.25, 0.3) is 0 Å². The van der Waals surface area contributed by atoms with Crippen molar-refractivity contribution in [2.75, 3.05) is 31.7 Å². The van der Waals surface area contributed by atoms with Gasteiger partial charge in [-0.2, -0.15) is 0 Å². The number of nitrogens with one attached hydrogen (secondary N) is 1. The van der Waals surface area contributed by atoms with Gasteiger partial charge in [-0.05, 0) is 24.6 Å². The molecule has 1 heterocycles. The highest BCUT2D eigenvalue weighted by molar-refractivity contribution is 6.33. The van der Waals surface area contributed by atoms with Gasteiger partial charge in [-0.3, -0.25) is 5.41 Å². The molecule has 1 aromatic rings. The van der Waals surface area contributed by atoms with Gasteiger partial charge in [0, 0.05) is 31.7 Å². The normalized spacial score (nSPS) is 19.2. The van der Waals surface area contributed by atoms with Crippen LogP contribution in [-0.4, -0.2) is 32.6 Å². The van der Waals surface area contributed by atoms with E-state index in [2.05, 4.69) is 4.90 Å². The van der Waals surface area contributed by atoms with Gasteiger partial charge in [0.05, 0.1) is 17.3 Å². The molecule has 0 amide bonds. The summed E-state index contributed by atoms with van der Waals surface area (Å²) in [6.45, 7) is 2.75. The van der Waals surface area contributed by atoms with E-state index in [1.165, 1.54) is 0 Å². The van der Waals surface area contributed by atoms with Crippen molar-refractivity contribution in [1.29, 1.82) is 5.41 Å². The average Bonchev–Trinajstić information content (AvgIpc) is 2.77. The lowest BCUT2D eigenvalue weighted by atomic mass is 10.1. The maximum absolute atomic E-state index is 7.39. The van der Waals surface area contributed by atoms with Crippen LogP contribution in [0.25, 0.3) is 0 Å². The van der Waals surface area contributed by atoms with E-state index >= 15 is 0 Å². The number of benzene rings is 1. The molecule has 1 aromatic carbocycles. The van der Waals surface area contributed by atoms with Crippen LogP contribution in [0.1, 0.15) is 12.0 Å². The Morgan fingerprint density at radius 2 is 2.39 bits per heavy atom. The second kappa shape index (κ2) is 5.59. The molecule has 5 heteroatoms. The van der Waals surface area contributed by atoms with Crippen molar-refractivity contribution in [3.63, 3.8) is 0 Å². The number of rotatable bonds is 4. The summed E-state index contributed by atoms with van der Waals surface area (Å²) in [7, 11) is 1.73. The first-order chi connectivity index (χ1) is 8.61. The minimum Gasteiger partial charge on any atom is -0.384 e. The van der Waals surface area contributed by atoms with E-state index in [9.17, 15) is 0 Å². The van der Waals surface area contributed by atoms with E-state index in [0.717, 1.165) is 31.8 Å². The molecule has 0 aliphatic carbocycles. The number of methoxy groups -OCH3 is 1. The summed E-state index contributed by atoms with van der Waals surface area (Å²) in [5.41, 5.74) is 7.12. The Kier molecular flexibility index (Phi) is 4.09. The van der Waals surface area contributed by atoms with Crippen molar-refractivity contribution >= 4 is 23.1 Å². The van der Waals surface area contributed by atoms with Gasteiger partial charge < -0.3 is 15.4 Å². The Hall–Kier alpha value is -1.26. The predicted octanol–water partition coefficient (Wildman–Crippen LogP) is 2.10. The molecule has 0 saturated carbocycles. The zero-order valence-corrected chi connectivity index (χ0v) is 11.2. The number of hydrogen-bond donors (Lipinski definition) is 2. The van der Waals surface area contributed by atoms with E-state index in [0.29, 0.717) is 16.5 Å². The van der Waals surface area contributed by atoms with Gasteiger partial charge in [-0.15, -0.1) is 0 Å². The van der Waals surface area contributed by atoms with E-state index in [-0.39, 0.29) is 5.84 Å². The molecule has 0 radical (unpaired) electrons. The van der Waals surface area contributed by atoms with Crippen molar-refractivity contribution in [3.8, 4) is 0 Å². The number of nitrogens with two attached hydrogens (primary N) is 1. The summed E-state index contributed by atoms with van der Waals surface area (Å²) in [6, 6.07) is 5.53. The molecule has 2 rings (SSSR count). The first kappa shape index (κ1) is 13.2. The number of nitrogens with zero attached hydrogens (tertiary/aromatic N) is 1. The molecular formula is C13H18ClN3O. The predicted molar refractivity (Wildman–Crippen MR) is 74.7 cm³/mol. The highest BCUT2D eigenvalue weighted by Crippen LogP contribution is 2.31. The van der Waals surface area contributed by atoms with E-state index in [1.807, 2.05) is 12.1 Å². The van der Waals surface area contributed by atoms with Crippen molar-refractivity contribution in [1.82, 2.24) is 0 Å². The summed E-state index contributed by atoms with van der Waals surface area (Å²) in [5.74, 6) is 0.612. The fraction of sp³-hybridized carbons (Fsp3) is 0.462. The number of halogens is 1. The monoisotopic (exact) mass is 267 g/mol. The van der Waals surface area contributed by atoms with Crippen molar-refractivity contribution in [2.45, 2.75) is 6.42 Å². The number of nitrogen functional groups attached to an aromatic ring is 1. The highest BCUT2D eigenvalue weighted by atomic mass is 35.5. The van der Waals surface area contributed by atoms with E-state index < -0.39 is 0 Å². The molecule has 1 aliphatic heterocycles. The number of ether oxygens (including phenoxy) is 1. The molecule has 98 valence electrons. The van der Waals surface area contributed by atoms with Crippen molar-refractivity contribution < 1.29 is 4.74 Å². The SMILES string of the molecule is COCC1CCN(c2ccc(C(=N)N)cc2Cl)C1. The quantitative estimate of drug-likeness (QED) is 0.649. The second-order valence-electron chi connectivity index (χ2n) is 4.64. The third-order valence-electron chi connectivity index (χ3n) is 3.29. The second-order valence-corrected chi connectivity index (χ2v) is 5.04. The first-order valence-corrected chi connectivity index (χ1v) is 6.37. The van der Waals surface area contributed by atoms with Gasteiger partial charge in [0.15, 0.2) is 0 Å². The summed E-state index contributed by atoms with van der Waals surface area (Å²) in [6.07, 6.45) is 1.12. The Morgan fingerprint density at radius 3 is 3.00 bits per heavy atom. The van der Waals surface area contributed by atoms with Crippen LogP contribution in [0.2, 0.25) is 5.02 Å². The summed E-state index contributed by atoms with van der Waals surface area (Å²) in [5, 5.41) is 8.04. The lowest BCUT2D eigenvalue weighted by Gasteiger charge is -2.20. The summed E-state index contributed by atoms with van der Waals surface area (Å²) in [4.78, 5) is 2.26. The molecule has 1 fully saturated rings. The van der Waals surface area contributed by atoms with Crippen molar-refractivity contribution in [3.05, 3.63) is 28.8 Å². The van der Waals surface area contributed by atoms with Crippen molar-refractivity contribution in [2.24, 2.45) is 11.7 Å². The molecule has 0 aromatic heterocycles. The lowest BCUT2D eigenvalue weighted by molar-refractivity contribution is 0.161. The zero-order chi connectivity index (χ0) is 13.1. The fourth-order valence-corrected chi connectivity index (χ4v) is 2.65. The molecule has 1 saturated heterocycles. The third-order valence-corrected chi connectivity index (χ3v) is 3.59. The smallest absolute Gasteiger partial charge is 0.122 e. The maximum atomic E-state index is 7.39. The largest absolute Gasteiger partial charge is 0.384 e. The molecule has 1 aliphatic rings. The molecule has 4 nitrogen and oxygen atoms in total. The Morgan fingerprint density at radius 1 is 1.61 bits per heavy atom. The zero-order valence-electron chi connectivity index (χ0n) is 10.4. The molecule has 0 spiro atoms. The molecule has 1 unspecified atom stereocenters. The van der Waals surface area contributed by atoms with Crippen LogP contribution >= 0.6 is 11.6 Å². The fourth-order valence-electron chi connectivity index (χ4n) is 2.35. The summed E-state index contributed by atoms with van der Waals surface area (Å²) >= 11 is 6.25. The number of amidine groups is 1. The van der Waals surface area contributed by atoms with Crippen LogP contribution in [0.4, 0.5) is 5.69 Å². The Bertz CT molecular complexity index is 450. The third kappa shape index (κ3) is 2.76. The molecule has 18 heavy (non-hydrogen) atoms. The standard InChI is InChI=1S/C13H18ClN3O/c1-18-8-9-4-5-17(7-9)12-3-2-10(13(15)16)6-11(12)14/h2-3,6,9H,4-5,7-8H2,1H3,(H3,15,16). The van der Waals surface area contributed by atoms with E-state index in [4.69, 9.17) is 27.5 Å². The van der Waals surface area contributed by atoms with Gasteiger partial charge in [0.2, 0.25) is 0 Å². The van der Waals surface area contributed by atoms with E-state index in [1.54, 1.807) is 13.2 Å². The number of hydrogen-bond acceptors (Lipinski definition) is 3. The maximum Gasteiger partial charge on any atom is 0.122 e. The van der Waals surface area contributed by atoms with Crippen LogP contribution in [0.3, 0.4) is 0 Å². The van der Waals surface area contributed by atoms with Crippen LogP contribution in [-0.2, 0) is 4.74 Å². The van der Waals surface area contributed by atoms with Crippen LogP contribution in [0, 0.1) is 11.3 Å². The van der Waals surface area contributed by atoms with Crippen LogP contribution < -0.4 is 10.6 Å². The first-order valence-electron chi connectivity index (χ1n) is 5.99. The Labute approximate surface area is 112 Å². The van der Waals surface area contributed by atoms with Gasteiger partial charge >= 0.3 is 0 Å². The van der Waals surface area contributed by atoms with Crippen LogP contribution in [0.5, 0.6) is 0 Å². The topological polar surface area (TPSA) is 62.3 Å². The molecule has 1 atom stereocenters. The van der Waals surface area contributed by atoms with Gasteiger partial charge in [-0.25, -0.2) is 0 Å². The lowest BCUT2D eigenvalue weighted by Crippen LogP contribution is -2.21. The summed E-state index contributed by atoms with van der Waals surface area (Å²) < 4.78 is 5.19. The van der Waals surface area contributed by atoms with Gasteiger partial charge in [-0.1, -0.05) is 11.6 Å². The minimum atomic E-state index is 0.0436. The number of anilines is 1. The average molecular weight is 268 g/mol. The van der Waals surface area contributed by atoms with Gasteiger partial charge in [0.1, 0.15) is 5.84 Å². The Balaban J connectivity index is 2.12. The molecule has 3 N–H and O–H groups in total.